The fraction of sp³-hybridized carbons (Fsp3) is 0.333. The Bertz CT molecular complexity index is 825. The highest BCUT2D eigenvalue weighted by Gasteiger charge is 2.31. The van der Waals surface area contributed by atoms with Gasteiger partial charge in [0.15, 0.2) is 0 Å². The van der Waals surface area contributed by atoms with Gasteiger partial charge in [0, 0.05) is 6.54 Å². The van der Waals surface area contributed by atoms with Crippen LogP contribution in [0.2, 0.25) is 0 Å². The minimum absolute atomic E-state index is 0.420. The lowest BCUT2D eigenvalue weighted by Gasteiger charge is -2.32. The number of nitrogens with zero attached hydrogens (tertiary/aromatic N) is 1. The molecule has 0 unspecified atom stereocenters. The Labute approximate surface area is 132 Å². The highest BCUT2D eigenvalue weighted by atomic mass is 32.2. The van der Waals surface area contributed by atoms with E-state index >= 15 is 0 Å². The molecule has 1 aliphatic rings. The summed E-state index contributed by atoms with van der Waals surface area (Å²) in [7, 11) is -3.52. The smallest absolute Gasteiger partial charge is 0.264 e. The minimum Gasteiger partial charge on any atom is -0.266 e. The molecule has 2 aromatic rings. The van der Waals surface area contributed by atoms with Gasteiger partial charge in [0.25, 0.3) is 10.0 Å². The first-order valence-corrected chi connectivity index (χ1v) is 9.04. The van der Waals surface area contributed by atoms with Crippen molar-refractivity contribution in [3.63, 3.8) is 0 Å². The van der Waals surface area contributed by atoms with Crippen LogP contribution in [-0.4, -0.2) is 15.0 Å². The molecule has 3 nitrogen and oxygen atoms in total. The molecule has 3 rings (SSSR count). The second kappa shape index (κ2) is 5.43. The summed E-state index contributed by atoms with van der Waals surface area (Å²) in [5.41, 5.74) is 4.78. The molecule has 0 radical (unpaired) electrons. The molecule has 22 heavy (non-hydrogen) atoms. The molecule has 0 N–H and O–H groups in total. The summed E-state index contributed by atoms with van der Waals surface area (Å²) < 4.78 is 28.0. The molecule has 0 aromatic heterocycles. The Morgan fingerprint density at radius 1 is 1.00 bits per heavy atom. The van der Waals surface area contributed by atoms with Crippen LogP contribution in [0.5, 0.6) is 0 Å². The van der Waals surface area contributed by atoms with Crippen LogP contribution in [0.25, 0.3) is 0 Å². The van der Waals surface area contributed by atoms with Gasteiger partial charge in [0.2, 0.25) is 0 Å². The third kappa shape index (κ3) is 2.41. The number of para-hydroxylation sites is 1. The number of aryl methyl sites for hydroxylation is 4. The Morgan fingerprint density at radius 3 is 2.55 bits per heavy atom. The molecular weight excluding hydrogens is 294 g/mol. The molecule has 2 aromatic carbocycles. The van der Waals surface area contributed by atoms with Gasteiger partial charge in [-0.1, -0.05) is 30.3 Å². The van der Waals surface area contributed by atoms with Crippen molar-refractivity contribution in [3.8, 4) is 0 Å². The fourth-order valence-corrected chi connectivity index (χ4v) is 5.07. The third-order valence-corrected chi connectivity index (χ3v) is 6.23. The number of sulfonamides is 1. The number of anilines is 1. The third-order valence-electron chi connectivity index (χ3n) is 4.29. The zero-order valence-electron chi connectivity index (χ0n) is 13.3. The maximum absolute atomic E-state index is 13.2. The van der Waals surface area contributed by atoms with E-state index in [0.29, 0.717) is 11.4 Å². The normalized spacial score (nSPS) is 14.8. The van der Waals surface area contributed by atoms with E-state index in [1.807, 2.05) is 51.1 Å². The monoisotopic (exact) mass is 315 g/mol. The second-order valence-corrected chi connectivity index (χ2v) is 7.86. The standard InChI is InChI=1S/C18H21NO2S/c1-13-9-10-14(2)17(12-13)22(20,21)19-11-5-8-16-7-4-6-15(3)18(16)19/h4,6-7,9-10,12H,5,8,11H2,1-3H3. The van der Waals surface area contributed by atoms with Crippen LogP contribution in [0, 0.1) is 20.8 Å². The topological polar surface area (TPSA) is 37.4 Å². The summed E-state index contributed by atoms with van der Waals surface area (Å²) in [6.45, 7) is 6.31. The van der Waals surface area contributed by atoms with Gasteiger partial charge >= 0.3 is 0 Å². The minimum atomic E-state index is -3.52. The highest BCUT2D eigenvalue weighted by molar-refractivity contribution is 7.92. The van der Waals surface area contributed by atoms with E-state index in [-0.39, 0.29) is 0 Å². The largest absolute Gasteiger partial charge is 0.266 e. The van der Waals surface area contributed by atoms with E-state index in [2.05, 4.69) is 0 Å². The average Bonchev–Trinajstić information content (AvgIpc) is 2.49. The van der Waals surface area contributed by atoms with Crippen molar-refractivity contribution in [3.05, 3.63) is 58.7 Å². The van der Waals surface area contributed by atoms with Crippen molar-refractivity contribution in [1.29, 1.82) is 0 Å². The van der Waals surface area contributed by atoms with Gasteiger partial charge in [0.05, 0.1) is 10.6 Å². The van der Waals surface area contributed by atoms with Crippen LogP contribution in [0.3, 0.4) is 0 Å². The van der Waals surface area contributed by atoms with Crippen molar-refractivity contribution in [2.24, 2.45) is 0 Å². The predicted molar refractivity (Wildman–Crippen MR) is 89.9 cm³/mol. The highest BCUT2D eigenvalue weighted by Crippen LogP contribution is 2.35. The molecule has 0 fully saturated rings. The maximum atomic E-state index is 13.2. The summed E-state index contributed by atoms with van der Waals surface area (Å²) >= 11 is 0. The molecule has 0 amide bonds. The van der Waals surface area contributed by atoms with Crippen molar-refractivity contribution in [2.75, 3.05) is 10.8 Å². The zero-order chi connectivity index (χ0) is 15.9. The van der Waals surface area contributed by atoms with Crippen LogP contribution in [0.4, 0.5) is 5.69 Å². The average molecular weight is 315 g/mol. The first-order valence-electron chi connectivity index (χ1n) is 7.60. The predicted octanol–water partition coefficient (Wildman–Crippen LogP) is 3.75. The molecule has 0 spiro atoms. The first kappa shape index (κ1) is 15.1. The molecule has 0 atom stereocenters. The SMILES string of the molecule is Cc1ccc(C)c(S(=O)(=O)N2CCCc3cccc(C)c32)c1. The van der Waals surface area contributed by atoms with Gasteiger partial charge in [-0.3, -0.25) is 4.31 Å². The van der Waals surface area contributed by atoms with Crippen LogP contribution in [0.15, 0.2) is 41.3 Å². The summed E-state index contributed by atoms with van der Waals surface area (Å²) in [6.07, 6.45) is 1.80. The lowest BCUT2D eigenvalue weighted by molar-refractivity contribution is 0.585. The van der Waals surface area contributed by atoms with E-state index in [4.69, 9.17) is 0 Å². The lowest BCUT2D eigenvalue weighted by atomic mass is 10.0. The molecule has 0 bridgehead atoms. The van der Waals surface area contributed by atoms with E-state index in [1.54, 1.807) is 10.4 Å². The van der Waals surface area contributed by atoms with Gasteiger partial charge in [-0.15, -0.1) is 0 Å². The van der Waals surface area contributed by atoms with Crippen LogP contribution in [-0.2, 0) is 16.4 Å². The Balaban J connectivity index is 2.18. The van der Waals surface area contributed by atoms with Gasteiger partial charge in [0.1, 0.15) is 0 Å². The van der Waals surface area contributed by atoms with Crippen LogP contribution < -0.4 is 4.31 Å². The number of rotatable bonds is 2. The second-order valence-electron chi connectivity index (χ2n) is 6.03. The number of benzene rings is 2. The fourth-order valence-electron chi connectivity index (χ4n) is 3.15. The lowest BCUT2D eigenvalue weighted by Crippen LogP contribution is -2.36. The Kier molecular flexibility index (Phi) is 3.73. The summed E-state index contributed by atoms with van der Waals surface area (Å²) in [5.74, 6) is 0. The quantitative estimate of drug-likeness (QED) is 0.846. The molecule has 0 aliphatic carbocycles. The van der Waals surface area contributed by atoms with E-state index < -0.39 is 10.0 Å². The van der Waals surface area contributed by atoms with E-state index in [0.717, 1.165) is 40.8 Å². The van der Waals surface area contributed by atoms with E-state index in [1.165, 1.54) is 0 Å². The number of hydrogen-bond donors (Lipinski definition) is 0. The zero-order valence-corrected chi connectivity index (χ0v) is 14.1. The molecule has 4 heteroatoms. The van der Waals surface area contributed by atoms with Gasteiger partial charge in [-0.05, 0) is 61.9 Å². The van der Waals surface area contributed by atoms with Crippen LogP contribution in [0.1, 0.15) is 28.7 Å². The Morgan fingerprint density at radius 2 is 1.77 bits per heavy atom. The van der Waals surface area contributed by atoms with Gasteiger partial charge in [-0.2, -0.15) is 0 Å². The molecule has 116 valence electrons. The molecular formula is C18H21NO2S. The van der Waals surface area contributed by atoms with Crippen molar-refractivity contribution in [2.45, 2.75) is 38.5 Å². The molecule has 1 heterocycles. The van der Waals surface area contributed by atoms with Crippen molar-refractivity contribution >= 4 is 15.7 Å². The summed E-state index contributed by atoms with van der Waals surface area (Å²) in [5, 5.41) is 0. The van der Waals surface area contributed by atoms with Gasteiger partial charge < -0.3 is 0 Å². The summed E-state index contributed by atoms with van der Waals surface area (Å²) in [6, 6.07) is 11.6. The summed E-state index contributed by atoms with van der Waals surface area (Å²) in [4.78, 5) is 0.420. The van der Waals surface area contributed by atoms with Crippen molar-refractivity contribution < 1.29 is 8.42 Å². The first-order chi connectivity index (χ1) is 10.4. The van der Waals surface area contributed by atoms with E-state index in [9.17, 15) is 8.42 Å². The van der Waals surface area contributed by atoms with Crippen LogP contribution >= 0.6 is 0 Å². The van der Waals surface area contributed by atoms with Crippen molar-refractivity contribution in [1.82, 2.24) is 0 Å². The molecule has 1 aliphatic heterocycles. The Hall–Kier alpha value is -1.81. The number of hydrogen-bond acceptors (Lipinski definition) is 2. The number of fused-ring (bicyclic) bond motifs is 1. The maximum Gasteiger partial charge on any atom is 0.264 e. The molecule has 0 saturated heterocycles. The van der Waals surface area contributed by atoms with Gasteiger partial charge in [-0.25, -0.2) is 8.42 Å². The molecule has 0 saturated carbocycles.